The molecule has 0 unspecified atom stereocenters. The van der Waals surface area contributed by atoms with Gasteiger partial charge in [0.2, 0.25) is 0 Å². The summed E-state index contributed by atoms with van der Waals surface area (Å²) in [6.07, 6.45) is 5.80. The lowest BCUT2D eigenvalue weighted by molar-refractivity contribution is 0.167. The van der Waals surface area contributed by atoms with Crippen LogP contribution in [-0.4, -0.2) is 20.9 Å². The summed E-state index contributed by atoms with van der Waals surface area (Å²) in [5.74, 6) is 0. The number of hydrogen-bond donors (Lipinski definition) is 0. The van der Waals surface area contributed by atoms with Crippen molar-refractivity contribution < 1.29 is 4.74 Å². The molecule has 0 amide bonds. The lowest BCUT2D eigenvalue weighted by atomic mass is 10.2. The average Bonchev–Trinajstić information content (AvgIpc) is 1.94. The fourth-order valence-corrected chi connectivity index (χ4v) is 1.69. The highest BCUT2D eigenvalue weighted by molar-refractivity contribution is 6.76. The Labute approximate surface area is 78.5 Å². The van der Waals surface area contributed by atoms with Crippen LogP contribution in [-0.2, 0) is 4.74 Å². The molecule has 0 spiro atoms. The number of rotatable bonds is 7. The maximum absolute atomic E-state index is 5.59. The monoisotopic (exact) mass is 187 g/mol. The topological polar surface area (TPSA) is 9.23 Å². The van der Waals surface area contributed by atoms with Crippen LogP contribution in [0.15, 0.2) is 0 Å². The highest BCUT2D eigenvalue weighted by atomic mass is 28.3. The summed E-state index contributed by atoms with van der Waals surface area (Å²) in [4.78, 5) is 0. The Hall–Kier alpha value is 0.177. The summed E-state index contributed by atoms with van der Waals surface area (Å²) < 4.78 is 5.59. The Kier molecular flexibility index (Phi) is 6.77. The lowest BCUT2D eigenvalue weighted by Crippen LogP contribution is -2.28. The van der Waals surface area contributed by atoms with Gasteiger partial charge in [-0.25, -0.2) is 0 Å². The summed E-state index contributed by atoms with van der Waals surface area (Å²) in [5.41, 5.74) is 0. The van der Waals surface area contributed by atoms with E-state index in [0.717, 1.165) is 19.3 Å². The second kappa shape index (κ2) is 6.67. The zero-order valence-electron chi connectivity index (χ0n) is 8.86. The van der Waals surface area contributed by atoms with Gasteiger partial charge in [0.15, 0.2) is 0 Å². The van der Waals surface area contributed by atoms with E-state index in [9.17, 15) is 0 Å². The molecule has 0 rings (SSSR count). The van der Waals surface area contributed by atoms with Crippen molar-refractivity contribution in [3.8, 4) is 0 Å². The highest BCUT2D eigenvalue weighted by Crippen LogP contribution is 2.03. The average molecular weight is 187 g/mol. The van der Waals surface area contributed by atoms with E-state index in [-0.39, 0.29) is 0 Å². The summed E-state index contributed by atoms with van der Waals surface area (Å²) in [6.45, 7) is 11.8. The first-order valence-electron chi connectivity index (χ1n) is 4.93. The molecule has 1 radical (unpaired) electrons. The smallest absolute Gasteiger partial charge is 0.0746 e. The van der Waals surface area contributed by atoms with Crippen LogP contribution >= 0.6 is 0 Å². The summed E-state index contributed by atoms with van der Waals surface area (Å²) in [5, 5.41) is 0. The molecular formula is C10H23OSi. The minimum absolute atomic E-state index is 0.949. The Morgan fingerprint density at radius 1 is 1.08 bits per heavy atom. The van der Waals surface area contributed by atoms with E-state index in [0.29, 0.717) is 0 Å². The molecule has 0 aromatic heterocycles. The summed E-state index contributed by atoms with van der Waals surface area (Å²) >= 11 is 0. The van der Waals surface area contributed by atoms with Crippen molar-refractivity contribution in [3.63, 3.8) is 0 Å². The van der Waals surface area contributed by atoms with Crippen LogP contribution in [0.5, 0.6) is 0 Å². The Balaban J connectivity index is 3.01. The summed E-state index contributed by atoms with van der Waals surface area (Å²) in [7, 11) is -0.960. The normalized spacial score (nSPS) is 12.0. The van der Waals surface area contributed by atoms with Gasteiger partial charge < -0.3 is 4.74 Å². The maximum Gasteiger partial charge on any atom is 0.0746 e. The zero-order chi connectivity index (χ0) is 9.45. The van der Waals surface area contributed by atoms with E-state index in [4.69, 9.17) is 4.74 Å². The molecule has 0 bridgehead atoms. The molecule has 73 valence electrons. The first-order valence-corrected chi connectivity index (χ1v) is 8.64. The predicted molar refractivity (Wildman–Crippen MR) is 58.0 cm³/mol. The molecule has 0 N–H and O–H groups in total. The minimum atomic E-state index is -0.960. The molecule has 0 aliphatic carbocycles. The van der Waals surface area contributed by atoms with Crippen LogP contribution in [0.2, 0.25) is 19.6 Å². The van der Waals surface area contributed by atoms with Crippen LogP contribution < -0.4 is 0 Å². The molecule has 0 aromatic rings. The van der Waals surface area contributed by atoms with Crippen LogP contribution in [0.25, 0.3) is 0 Å². The quantitative estimate of drug-likeness (QED) is 0.439. The fraction of sp³-hybridized carbons (Fsp3) is 0.900. The number of unbranched alkanes of at least 4 members (excludes halogenated alkanes) is 3. The maximum atomic E-state index is 5.59. The van der Waals surface area contributed by atoms with Crippen molar-refractivity contribution in [2.45, 2.75) is 45.3 Å². The van der Waals surface area contributed by atoms with Crippen LogP contribution in [0, 0.1) is 6.92 Å². The van der Waals surface area contributed by atoms with E-state index in [1.54, 1.807) is 0 Å². The largest absolute Gasteiger partial charge is 0.385 e. The van der Waals surface area contributed by atoms with Crippen LogP contribution in [0.1, 0.15) is 25.7 Å². The first-order chi connectivity index (χ1) is 5.56. The molecule has 0 aliphatic heterocycles. The van der Waals surface area contributed by atoms with Gasteiger partial charge in [-0.15, -0.1) is 0 Å². The molecule has 12 heavy (non-hydrogen) atoms. The Bertz CT molecular complexity index is 96.5. The van der Waals surface area contributed by atoms with Crippen molar-refractivity contribution in [1.29, 1.82) is 0 Å². The highest BCUT2D eigenvalue weighted by Gasteiger charge is 2.12. The van der Waals surface area contributed by atoms with Gasteiger partial charge in [-0.1, -0.05) is 45.8 Å². The van der Waals surface area contributed by atoms with Crippen LogP contribution in [0.4, 0.5) is 0 Å². The van der Waals surface area contributed by atoms with Gasteiger partial charge >= 0.3 is 0 Å². The molecule has 0 fully saturated rings. The lowest BCUT2D eigenvalue weighted by Gasteiger charge is -2.15. The molecule has 0 saturated heterocycles. The third-order valence-corrected chi connectivity index (χ3v) is 2.64. The van der Waals surface area contributed by atoms with Gasteiger partial charge in [-0.2, -0.15) is 0 Å². The van der Waals surface area contributed by atoms with Crippen molar-refractivity contribution in [2.75, 3.05) is 12.8 Å². The molecule has 0 atom stereocenters. The fourth-order valence-electron chi connectivity index (χ4n) is 0.936. The minimum Gasteiger partial charge on any atom is -0.385 e. The molecule has 1 nitrogen and oxygen atoms in total. The van der Waals surface area contributed by atoms with Gasteiger partial charge in [0.25, 0.3) is 0 Å². The van der Waals surface area contributed by atoms with E-state index < -0.39 is 8.07 Å². The standard InChI is InChI=1S/C10H23OSi/c1-5-6-7-8-9-11-10-12(2,3)4/h1,5-10H2,2-4H3. The molecule has 0 saturated carbocycles. The first kappa shape index (κ1) is 12.2. The van der Waals surface area contributed by atoms with E-state index >= 15 is 0 Å². The third kappa shape index (κ3) is 10.2. The van der Waals surface area contributed by atoms with Crippen LogP contribution in [0.3, 0.4) is 0 Å². The van der Waals surface area contributed by atoms with Gasteiger partial charge in [0.1, 0.15) is 0 Å². The molecular weight excluding hydrogens is 164 g/mol. The molecule has 0 aliphatic rings. The predicted octanol–water partition coefficient (Wildman–Crippen LogP) is 3.27. The Morgan fingerprint density at radius 3 is 2.25 bits per heavy atom. The zero-order valence-corrected chi connectivity index (χ0v) is 9.86. The Morgan fingerprint density at radius 2 is 1.75 bits per heavy atom. The van der Waals surface area contributed by atoms with E-state index in [1.165, 1.54) is 19.3 Å². The van der Waals surface area contributed by atoms with Gasteiger partial charge in [-0.3, -0.25) is 0 Å². The van der Waals surface area contributed by atoms with Gasteiger partial charge in [-0.05, 0) is 6.42 Å². The SMILES string of the molecule is [CH2]CCCCCOC[Si](C)(C)C. The summed E-state index contributed by atoms with van der Waals surface area (Å²) in [6, 6.07) is 0. The van der Waals surface area contributed by atoms with Crippen molar-refractivity contribution >= 4 is 8.07 Å². The van der Waals surface area contributed by atoms with Crippen molar-refractivity contribution in [3.05, 3.63) is 6.92 Å². The molecule has 0 heterocycles. The molecule has 0 aromatic carbocycles. The molecule has 2 heteroatoms. The van der Waals surface area contributed by atoms with E-state index in [2.05, 4.69) is 26.6 Å². The third-order valence-electron chi connectivity index (χ3n) is 1.57. The number of hydrogen-bond acceptors (Lipinski definition) is 1. The van der Waals surface area contributed by atoms with Crippen molar-refractivity contribution in [1.82, 2.24) is 0 Å². The second-order valence-electron chi connectivity index (χ2n) is 4.53. The second-order valence-corrected chi connectivity index (χ2v) is 9.94. The number of ether oxygens (including phenoxy) is 1. The van der Waals surface area contributed by atoms with Gasteiger partial charge in [0.05, 0.1) is 8.07 Å². The van der Waals surface area contributed by atoms with Gasteiger partial charge in [0, 0.05) is 12.8 Å². The van der Waals surface area contributed by atoms with Crippen molar-refractivity contribution in [2.24, 2.45) is 0 Å². The van der Waals surface area contributed by atoms with E-state index in [1.807, 2.05) is 0 Å².